The van der Waals surface area contributed by atoms with Crippen LogP contribution in [-0.2, 0) is 10.2 Å². The smallest absolute Gasteiger partial charge is 0.230 e. The van der Waals surface area contributed by atoms with E-state index in [0.29, 0.717) is 11.8 Å². The second kappa shape index (κ2) is 6.59. The van der Waals surface area contributed by atoms with E-state index in [1.807, 2.05) is 6.07 Å². The monoisotopic (exact) mass is 342 g/mol. The van der Waals surface area contributed by atoms with Gasteiger partial charge in [-0.3, -0.25) is 4.79 Å². The number of thioether (sulfide) groups is 1. The molecule has 1 heterocycles. The number of carbonyl (C=O) groups is 1. The molecule has 2 aliphatic rings. The third-order valence-corrected chi connectivity index (χ3v) is 6.09. The number of benzene rings is 1. The maximum Gasteiger partial charge on any atom is 0.230 e. The number of nitrogens with one attached hydrogen (secondary N) is 1. The minimum absolute atomic E-state index is 0.0764. The van der Waals surface area contributed by atoms with Crippen LogP contribution in [0.1, 0.15) is 43.7 Å². The summed E-state index contributed by atoms with van der Waals surface area (Å²) in [6.45, 7) is 0.728. The van der Waals surface area contributed by atoms with Gasteiger partial charge >= 0.3 is 0 Å². The first-order valence-corrected chi connectivity index (χ1v) is 9.60. The van der Waals surface area contributed by atoms with Crippen molar-refractivity contribution in [2.75, 3.05) is 12.3 Å². The van der Waals surface area contributed by atoms with E-state index in [2.05, 4.69) is 44.3 Å². The molecule has 1 amide bonds. The molecule has 0 radical (unpaired) electrons. The van der Waals surface area contributed by atoms with Crippen LogP contribution < -0.4 is 5.32 Å². The van der Waals surface area contributed by atoms with Gasteiger partial charge in [-0.1, -0.05) is 48.5 Å². The molecule has 1 N–H and O–H groups in total. The van der Waals surface area contributed by atoms with Crippen LogP contribution in [0.5, 0.6) is 0 Å². The van der Waals surface area contributed by atoms with E-state index >= 15 is 0 Å². The van der Waals surface area contributed by atoms with Crippen LogP contribution in [0.2, 0.25) is 0 Å². The molecule has 0 bridgehead atoms. The molecule has 24 heavy (non-hydrogen) atoms. The molecule has 0 saturated heterocycles. The Kier molecular flexibility index (Phi) is 4.31. The zero-order chi connectivity index (χ0) is 16.4. The van der Waals surface area contributed by atoms with Crippen LogP contribution in [0, 0.1) is 0 Å². The molecular weight excluding hydrogens is 320 g/mol. The Morgan fingerprint density at radius 1 is 1.29 bits per heavy atom. The minimum atomic E-state index is 0.0764. The summed E-state index contributed by atoms with van der Waals surface area (Å²) in [5, 5.41) is 12.1. The van der Waals surface area contributed by atoms with E-state index in [-0.39, 0.29) is 11.3 Å². The third kappa shape index (κ3) is 3.20. The highest BCUT2D eigenvalue weighted by atomic mass is 32.2. The van der Waals surface area contributed by atoms with Crippen molar-refractivity contribution in [2.24, 2.45) is 0 Å². The van der Waals surface area contributed by atoms with Gasteiger partial charge in [0.15, 0.2) is 5.16 Å². The van der Waals surface area contributed by atoms with Crippen LogP contribution in [0.15, 0.2) is 41.8 Å². The van der Waals surface area contributed by atoms with E-state index in [1.54, 1.807) is 6.33 Å². The highest BCUT2D eigenvalue weighted by Crippen LogP contribution is 2.43. The lowest BCUT2D eigenvalue weighted by Gasteiger charge is -2.42. The van der Waals surface area contributed by atoms with Gasteiger partial charge in [-0.2, -0.15) is 0 Å². The van der Waals surface area contributed by atoms with Gasteiger partial charge in [-0.25, -0.2) is 0 Å². The second-order valence-electron chi connectivity index (χ2n) is 6.82. The molecule has 2 aromatic rings. The summed E-state index contributed by atoms with van der Waals surface area (Å²) in [6, 6.07) is 11.1. The molecule has 1 aromatic carbocycles. The molecule has 2 saturated carbocycles. The first-order chi connectivity index (χ1) is 11.8. The predicted molar refractivity (Wildman–Crippen MR) is 94.0 cm³/mol. The summed E-state index contributed by atoms with van der Waals surface area (Å²) in [7, 11) is 0. The largest absolute Gasteiger partial charge is 0.354 e. The van der Waals surface area contributed by atoms with Crippen molar-refractivity contribution in [3.63, 3.8) is 0 Å². The summed E-state index contributed by atoms with van der Waals surface area (Å²) < 4.78 is 2.09. The molecule has 1 aromatic heterocycles. The summed E-state index contributed by atoms with van der Waals surface area (Å²) in [4.78, 5) is 12.3. The van der Waals surface area contributed by atoms with E-state index in [1.165, 1.54) is 36.6 Å². The van der Waals surface area contributed by atoms with Gasteiger partial charge in [-0.15, -0.1) is 10.2 Å². The number of rotatable bonds is 7. The van der Waals surface area contributed by atoms with Crippen molar-refractivity contribution in [2.45, 2.75) is 48.7 Å². The predicted octanol–water partition coefficient (Wildman–Crippen LogP) is 2.94. The van der Waals surface area contributed by atoms with E-state index in [0.717, 1.165) is 24.5 Å². The topological polar surface area (TPSA) is 59.8 Å². The second-order valence-corrected chi connectivity index (χ2v) is 7.76. The minimum Gasteiger partial charge on any atom is -0.354 e. The standard InChI is InChI=1S/C18H22N4OS/c23-16(11-24-17-21-20-13-22(17)15-7-8-15)19-12-18(9-4-10-18)14-5-2-1-3-6-14/h1-3,5-6,13,15H,4,7-12H2,(H,19,23). The van der Waals surface area contributed by atoms with E-state index < -0.39 is 0 Å². The van der Waals surface area contributed by atoms with Gasteiger partial charge in [-0.05, 0) is 31.2 Å². The van der Waals surface area contributed by atoms with Crippen molar-refractivity contribution < 1.29 is 4.79 Å². The molecule has 2 fully saturated rings. The Morgan fingerprint density at radius 2 is 2.08 bits per heavy atom. The fraction of sp³-hybridized carbons (Fsp3) is 0.500. The molecule has 5 nitrogen and oxygen atoms in total. The van der Waals surface area contributed by atoms with Gasteiger partial charge in [0, 0.05) is 18.0 Å². The van der Waals surface area contributed by atoms with Crippen LogP contribution in [0.4, 0.5) is 0 Å². The summed E-state index contributed by atoms with van der Waals surface area (Å²) in [5.41, 5.74) is 1.48. The Labute approximate surface area is 146 Å². The fourth-order valence-corrected chi connectivity index (χ4v) is 4.16. The zero-order valence-electron chi connectivity index (χ0n) is 13.6. The first-order valence-electron chi connectivity index (χ1n) is 8.61. The highest BCUT2D eigenvalue weighted by Gasteiger charge is 2.38. The number of nitrogens with zero attached hydrogens (tertiary/aromatic N) is 3. The van der Waals surface area contributed by atoms with Gasteiger partial charge < -0.3 is 9.88 Å². The van der Waals surface area contributed by atoms with Gasteiger partial charge in [0.25, 0.3) is 0 Å². The van der Waals surface area contributed by atoms with Gasteiger partial charge in [0.1, 0.15) is 6.33 Å². The molecule has 0 aliphatic heterocycles. The SMILES string of the molecule is O=C(CSc1nncn1C1CC1)NCC1(c2ccccc2)CCC1. The van der Waals surface area contributed by atoms with Crippen molar-refractivity contribution in [1.82, 2.24) is 20.1 Å². The summed E-state index contributed by atoms with van der Waals surface area (Å²) >= 11 is 1.48. The molecule has 2 aliphatic carbocycles. The quantitative estimate of drug-likeness (QED) is 0.786. The highest BCUT2D eigenvalue weighted by molar-refractivity contribution is 7.99. The van der Waals surface area contributed by atoms with E-state index in [4.69, 9.17) is 0 Å². The number of carbonyl (C=O) groups excluding carboxylic acids is 1. The van der Waals surface area contributed by atoms with Gasteiger partial charge in [0.2, 0.25) is 5.91 Å². The maximum absolute atomic E-state index is 12.3. The Hall–Kier alpha value is -1.82. The summed E-state index contributed by atoms with van der Waals surface area (Å²) in [5.74, 6) is 0.476. The molecular formula is C18H22N4OS. The number of amides is 1. The third-order valence-electron chi connectivity index (χ3n) is 5.13. The average Bonchev–Trinajstić information content (AvgIpc) is 3.31. The van der Waals surface area contributed by atoms with E-state index in [9.17, 15) is 4.79 Å². The number of aromatic nitrogens is 3. The number of hydrogen-bond donors (Lipinski definition) is 1. The lowest BCUT2D eigenvalue weighted by molar-refractivity contribution is -0.119. The zero-order valence-corrected chi connectivity index (χ0v) is 14.5. The van der Waals surface area contributed by atoms with Crippen molar-refractivity contribution >= 4 is 17.7 Å². The average molecular weight is 342 g/mol. The molecule has 6 heteroatoms. The molecule has 0 spiro atoms. The number of hydrogen-bond acceptors (Lipinski definition) is 4. The Balaban J connectivity index is 1.31. The normalized spacial score (nSPS) is 18.8. The van der Waals surface area contributed by atoms with Crippen molar-refractivity contribution in [1.29, 1.82) is 0 Å². The first kappa shape index (κ1) is 15.7. The van der Waals surface area contributed by atoms with Crippen LogP contribution >= 0.6 is 11.8 Å². The van der Waals surface area contributed by atoms with Crippen molar-refractivity contribution in [3.05, 3.63) is 42.2 Å². The Morgan fingerprint density at radius 3 is 2.75 bits per heavy atom. The fourth-order valence-electron chi connectivity index (χ4n) is 3.35. The van der Waals surface area contributed by atoms with Gasteiger partial charge in [0.05, 0.1) is 5.75 Å². The summed E-state index contributed by atoms with van der Waals surface area (Å²) in [6.07, 6.45) is 7.70. The molecule has 0 unspecified atom stereocenters. The van der Waals surface area contributed by atoms with Crippen LogP contribution in [0.25, 0.3) is 0 Å². The molecule has 0 atom stereocenters. The lowest BCUT2D eigenvalue weighted by Crippen LogP contribution is -2.46. The maximum atomic E-state index is 12.3. The van der Waals surface area contributed by atoms with Crippen LogP contribution in [0.3, 0.4) is 0 Å². The molecule has 126 valence electrons. The Bertz CT molecular complexity index is 707. The molecule has 4 rings (SSSR count). The van der Waals surface area contributed by atoms with Crippen molar-refractivity contribution in [3.8, 4) is 0 Å². The lowest BCUT2D eigenvalue weighted by atomic mass is 9.64. The van der Waals surface area contributed by atoms with Crippen LogP contribution in [-0.4, -0.2) is 33.0 Å².